The number of amides is 2. The van der Waals surface area contributed by atoms with Crippen LogP contribution in [0.1, 0.15) is 52.4 Å². The third-order valence-corrected chi connectivity index (χ3v) is 3.91. The standard InChI is InChI=1S/C15H26N2O4/c1-3-21-15(20)10(2)8-12(14(16)19)17-13(18)9-11-6-4-5-7-11/h10-12H,3-9H2,1-2H3,(H2,16,19)(H,17,18)/t10-,12-/m0/s1. The molecule has 1 rings (SSSR count). The molecule has 0 aromatic heterocycles. The first-order chi connectivity index (χ1) is 9.93. The van der Waals surface area contributed by atoms with Crippen molar-refractivity contribution in [3.63, 3.8) is 0 Å². The van der Waals surface area contributed by atoms with E-state index in [2.05, 4.69) is 5.32 Å². The van der Waals surface area contributed by atoms with Gasteiger partial charge in [0.2, 0.25) is 11.8 Å². The van der Waals surface area contributed by atoms with Crippen molar-refractivity contribution in [3.8, 4) is 0 Å². The number of carbonyl (C=O) groups is 3. The quantitative estimate of drug-likeness (QED) is 0.656. The lowest BCUT2D eigenvalue weighted by Gasteiger charge is -2.19. The first kappa shape index (κ1) is 17.5. The molecule has 2 amide bonds. The lowest BCUT2D eigenvalue weighted by Crippen LogP contribution is -2.46. The van der Waals surface area contributed by atoms with E-state index in [9.17, 15) is 14.4 Å². The first-order valence-corrected chi connectivity index (χ1v) is 7.69. The van der Waals surface area contributed by atoms with E-state index in [4.69, 9.17) is 10.5 Å². The van der Waals surface area contributed by atoms with Gasteiger partial charge in [-0.1, -0.05) is 19.8 Å². The molecule has 0 bridgehead atoms. The summed E-state index contributed by atoms with van der Waals surface area (Å²) >= 11 is 0. The van der Waals surface area contributed by atoms with Crippen LogP contribution in [0, 0.1) is 11.8 Å². The van der Waals surface area contributed by atoms with E-state index in [1.54, 1.807) is 13.8 Å². The Hall–Kier alpha value is -1.59. The van der Waals surface area contributed by atoms with Crippen molar-refractivity contribution < 1.29 is 19.1 Å². The molecule has 3 N–H and O–H groups in total. The van der Waals surface area contributed by atoms with Crippen LogP contribution in [0.3, 0.4) is 0 Å². The number of rotatable bonds is 8. The maximum absolute atomic E-state index is 12.0. The second-order valence-electron chi connectivity index (χ2n) is 5.77. The summed E-state index contributed by atoms with van der Waals surface area (Å²) in [5, 5.41) is 2.65. The van der Waals surface area contributed by atoms with Crippen molar-refractivity contribution in [2.75, 3.05) is 6.61 Å². The third kappa shape index (κ3) is 6.14. The molecule has 0 heterocycles. The van der Waals surface area contributed by atoms with Crippen LogP contribution in [0.5, 0.6) is 0 Å². The predicted octanol–water partition coefficient (Wildman–Crippen LogP) is 1.13. The minimum Gasteiger partial charge on any atom is -0.466 e. The van der Waals surface area contributed by atoms with E-state index in [-0.39, 0.29) is 18.3 Å². The Morgan fingerprint density at radius 2 is 1.90 bits per heavy atom. The summed E-state index contributed by atoms with van der Waals surface area (Å²) in [7, 11) is 0. The van der Waals surface area contributed by atoms with Crippen LogP contribution in [0.15, 0.2) is 0 Å². The molecule has 120 valence electrons. The lowest BCUT2D eigenvalue weighted by atomic mass is 10.00. The van der Waals surface area contributed by atoms with Crippen molar-refractivity contribution in [1.82, 2.24) is 5.32 Å². The molecular formula is C15H26N2O4. The van der Waals surface area contributed by atoms with Crippen LogP contribution >= 0.6 is 0 Å². The maximum Gasteiger partial charge on any atom is 0.308 e. The van der Waals surface area contributed by atoms with Gasteiger partial charge in [0, 0.05) is 6.42 Å². The molecule has 2 atom stereocenters. The molecule has 1 aliphatic rings. The molecule has 6 nitrogen and oxygen atoms in total. The van der Waals surface area contributed by atoms with E-state index >= 15 is 0 Å². The zero-order valence-electron chi connectivity index (χ0n) is 12.9. The van der Waals surface area contributed by atoms with E-state index in [0.717, 1.165) is 25.7 Å². The van der Waals surface area contributed by atoms with Crippen LogP contribution in [0.2, 0.25) is 0 Å². The predicted molar refractivity (Wildman–Crippen MR) is 78.1 cm³/mol. The summed E-state index contributed by atoms with van der Waals surface area (Å²) in [5.41, 5.74) is 5.31. The summed E-state index contributed by atoms with van der Waals surface area (Å²) in [6, 6.07) is -0.821. The van der Waals surface area contributed by atoms with Gasteiger partial charge in [-0.15, -0.1) is 0 Å². The second-order valence-corrected chi connectivity index (χ2v) is 5.77. The molecular weight excluding hydrogens is 272 g/mol. The van der Waals surface area contributed by atoms with Crippen molar-refractivity contribution in [1.29, 1.82) is 0 Å². The van der Waals surface area contributed by atoms with Gasteiger partial charge in [0.15, 0.2) is 0 Å². The molecule has 0 aliphatic heterocycles. The van der Waals surface area contributed by atoms with Crippen LogP contribution in [0.4, 0.5) is 0 Å². The average molecular weight is 298 g/mol. The van der Waals surface area contributed by atoms with Gasteiger partial charge in [0.05, 0.1) is 12.5 Å². The maximum atomic E-state index is 12.0. The number of hydrogen-bond donors (Lipinski definition) is 2. The number of nitrogens with one attached hydrogen (secondary N) is 1. The molecule has 1 aliphatic carbocycles. The fraction of sp³-hybridized carbons (Fsp3) is 0.800. The molecule has 0 spiro atoms. The highest BCUT2D eigenvalue weighted by Crippen LogP contribution is 2.27. The summed E-state index contributed by atoms with van der Waals surface area (Å²) in [4.78, 5) is 35.0. The van der Waals surface area contributed by atoms with Gasteiger partial charge >= 0.3 is 5.97 Å². The summed E-state index contributed by atoms with van der Waals surface area (Å²) in [6.07, 6.45) is 5.05. The van der Waals surface area contributed by atoms with Gasteiger partial charge in [-0.2, -0.15) is 0 Å². The summed E-state index contributed by atoms with van der Waals surface area (Å²) < 4.78 is 4.89. The van der Waals surface area contributed by atoms with Gasteiger partial charge in [-0.05, 0) is 32.1 Å². The number of nitrogens with two attached hydrogens (primary N) is 1. The average Bonchev–Trinajstić information content (AvgIpc) is 2.90. The molecule has 0 aromatic rings. The highest BCUT2D eigenvalue weighted by Gasteiger charge is 2.26. The van der Waals surface area contributed by atoms with E-state index < -0.39 is 17.9 Å². The molecule has 1 saturated carbocycles. The SMILES string of the molecule is CCOC(=O)[C@@H](C)C[C@H](NC(=O)CC1CCCC1)C(N)=O. The van der Waals surface area contributed by atoms with Gasteiger partial charge in [-0.25, -0.2) is 0 Å². The highest BCUT2D eigenvalue weighted by molar-refractivity contribution is 5.87. The summed E-state index contributed by atoms with van der Waals surface area (Å²) in [5.74, 6) is -1.24. The van der Waals surface area contributed by atoms with Crippen molar-refractivity contribution >= 4 is 17.8 Å². The minimum absolute atomic E-state index is 0.165. The Labute approximate surface area is 125 Å². The molecule has 0 saturated heterocycles. The number of esters is 1. The lowest BCUT2D eigenvalue weighted by molar-refractivity contribution is -0.148. The molecule has 21 heavy (non-hydrogen) atoms. The molecule has 6 heteroatoms. The Kier molecular flexibility index (Phi) is 7.19. The van der Waals surface area contributed by atoms with Crippen LogP contribution in [-0.2, 0) is 19.1 Å². The van der Waals surface area contributed by atoms with Crippen LogP contribution in [-0.4, -0.2) is 30.4 Å². The number of carbonyl (C=O) groups excluding carboxylic acids is 3. The van der Waals surface area contributed by atoms with Gasteiger partial charge < -0.3 is 15.8 Å². The minimum atomic E-state index is -0.821. The van der Waals surface area contributed by atoms with E-state index in [1.807, 2.05) is 0 Å². The third-order valence-electron chi connectivity index (χ3n) is 3.91. The Morgan fingerprint density at radius 3 is 2.43 bits per heavy atom. The molecule has 0 radical (unpaired) electrons. The van der Waals surface area contributed by atoms with Crippen molar-refractivity contribution in [3.05, 3.63) is 0 Å². The molecule has 0 unspecified atom stereocenters. The molecule has 1 fully saturated rings. The normalized spacial score (nSPS) is 18.0. The first-order valence-electron chi connectivity index (χ1n) is 7.69. The number of ether oxygens (including phenoxy) is 1. The fourth-order valence-corrected chi connectivity index (χ4v) is 2.71. The smallest absolute Gasteiger partial charge is 0.308 e. The zero-order valence-corrected chi connectivity index (χ0v) is 12.9. The fourth-order valence-electron chi connectivity index (χ4n) is 2.71. The van der Waals surface area contributed by atoms with Crippen molar-refractivity contribution in [2.24, 2.45) is 17.6 Å². The van der Waals surface area contributed by atoms with Gasteiger partial charge in [0.1, 0.15) is 6.04 Å². The highest BCUT2D eigenvalue weighted by atomic mass is 16.5. The number of primary amides is 1. The second kappa shape index (κ2) is 8.64. The summed E-state index contributed by atoms with van der Waals surface area (Å²) in [6.45, 7) is 3.68. The van der Waals surface area contributed by atoms with E-state index in [1.165, 1.54) is 0 Å². The van der Waals surface area contributed by atoms with Crippen molar-refractivity contribution in [2.45, 2.75) is 58.4 Å². The van der Waals surface area contributed by atoms with Gasteiger partial charge in [-0.3, -0.25) is 14.4 Å². The Morgan fingerprint density at radius 1 is 1.29 bits per heavy atom. The van der Waals surface area contributed by atoms with Gasteiger partial charge in [0.25, 0.3) is 0 Å². The van der Waals surface area contributed by atoms with E-state index in [0.29, 0.717) is 18.9 Å². The Balaban J connectivity index is 2.46. The monoisotopic (exact) mass is 298 g/mol. The van der Waals surface area contributed by atoms with Crippen LogP contribution in [0.25, 0.3) is 0 Å². The zero-order chi connectivity index (χ0) is 15.8. The molecule has 0 aromatic carbocycles. The largest absolute Gasteiger partial charge is 0.466 e. The van der Waals surface area contributed by atoms with Crippen LogP contribution < -0.4 is 11.1 Å². The Bertz CT molecular complexity index is 378. The topological polar surface area (TPSA) is 98.5 Å². The number of hydrogen-bond acceptors (Lipinski definition) is 4.